The molecule has 5 heteroatoms. The lowest BCUT2D eigenvalue weighted by Crippen LogP contribution is -2.17. The SMILES string of the molecule is CC(C)(C)c1csc(C(CN)Cc2c(Cl)cccc2Cl)n1. The summed E-state index contributed by atoms with van der Waals surface area (Å²) in [5.74, 6) is 0.142. The standard InChI is InChI=1S/C16H20Cl2N2S/c1-16(2,3)14-9-21-15(20-14)10(8-19)7-11-12(17)5-4-6-13(11)18/h4-6,9-10H,7-8,19H2,1-3H3. The molecule has 1 atom stereocenters. The number of aromatic nitrogens is 1. The van der Waals surface area contributed by atoms with Gasteiger partial charge in [-0.05, 0) is 24.1 Å². The molecule has 1 aromatic heterocycles. The maximum absolute atomic E-state index is 6.25. The average molecular weight is 343 g/mol. The minimum absolute atomic E-state index is 0.0515. The van der Waals surface area contributed by atoms with E-state index in [1.165, 1.54) is 0 Å². The lowest BCUT2D eigenvalue weighted by Gasteiger charge is -2.16. The van der Waals surface area contributed by atoms with Gasteiger partial charge in [-0.25, -0.2) is 4.98 Å². The monoisotopic (exact) mass is 342 g/mol. The van der Waals surface area contributed by atoms with Gasteiger partial charge < -0.3 is 5.73 Å². The van der Waals surface area contributed by atoms with E-state index in [2.05, 4.69) is 26.2 Å². The van der Waals surface area contributed by atoms with Gasteiger partial charge in [0.05, 0.1) is 10.7 Å². The van der Waals surface area contributed by atoms with Crippen molar-refractivity contribution in [3.05, 3.63) is 49.9 Å². The molecule has 0 aliphatic heterocycles. The van der Waals surface area contributed by atoms with E-state index < -0.39 is 0 Å². The van der Waals surface area contributed by atoms with Gasteiger partial charge in [-0.1, -0.05) is 50.0 Å². The zero-order valence-electron chi connectivity index (χ0n) is 12.5. The van der Waals surface area contributed by atoms with Gasteiger partial charge in [0.2, 0.25) is 0 Å². The zero-order valence-corrected chi connectivity index (χ0v) is 14.8. The first-order chi connectivity index (χ1) is 9.82. The summed E-state index contributed by atoms with van der Waals surface area (Å²) in [4.78, 5) is 4.76. The lowest BCUT2D eigenvalue weighted by atomic mass is 9.93. The summed E-state index contributed by atoms with van der Waals surface area (Å²) < 4.78 is 0. The Hall–Kier alpha value is -0.610. The number of hydrogen-bond acceptors (Lipinski definition) is 3. The van der Waals surface area contributed by atoms with Crippen molar-refractivity contribution in [3.63, 3.8) is 0 Å². The molecule has 0 saturated heterocycles. The smallest absolute Gasteiger partial charge is 0.0975 e. The normalized spacial score (nSPS) is 13.4. The van der Waals surface area contributed by atoms with E-state index in [9.17, 15) is 0 Å². The fourth-order valence-electron chi connectivity index (χ4n) is 2.06. The van der Waals surface area contributed by atoms with Crippen LogP contribution in [-0.2, 0) is 11.8 Å². The Kier molecular flexibility index (Phi) is 5.31. The first kappa shape index (κ1) is 16.8. The summed E-state index contributed by atoms with van der Waals surface area (Å²) in [7, 11) is 0. The minimum Gasteiger partial charge on any atom is -0.330 e. The van der Waals surface area contributed by atoms with Crippen LogP contribution >= 0.6 is 34.5 Å². The number of hydrogen-bond donors (Lipinski definition) is 1. The molecular formula is C16H20Cl2N2S. The third kappa shape index (κ3) is 3.98. The number of benzene rings is 1. The van der Waals surface area contributed by atoms with E-state index in [1.807, 2.05) is 18.2 Å². The second-order valence-corrected chi connectivity index (χ2v) is 7.86. The quantitative estimate of drug-likeness (QED) is 0.845. The molecule has 21 heavy (non-hydrogen) atoms. The number of nitrogens with zero attached hydrogens (tertiary/aromatic N) is 1. The van der Waals surface area contributed by atoms with Crippen molar-refractivity contribution in [2.24, 2.45) is 5.73 Å². The zero-order chi connectivity index (χ0) is 15.6. The third-order valence-corrected chi connectivity index (χ3v) is 5.15. The van der Waals surface area contributed by atoms with E-state index >= 15 is 0 Å². The summed E-state index contributed by atoms with van der Waals surface area (Å²) in [6.07, 6.45) is 0.714. The molecule has 0 saturated carbocycles. The molecule has 2 N–H and O–H groups in total. The number of halogens is 2. The molecule has 0 fully saturated rings. The average Bonchev–Trinajstić information content (AvgIpc) is 2.88. The highest BCUT2D eigenvalue weighted by molar-refractivity contribution is 7.09. The van der Waals surface area contributed by atoms with E-state index in [0.29, 0.717) is 23.0 Å². The molecule has 0 aliphatic rings. The molecule has 1 heterocycles. The Bertz CT molecular complexity index is 597. The summed E-state index contributed by atoms with van der Waals surface area (Å²) in [5.41, 5.74) is 8.05. The second-order valence-electron chi connectivity index (χ2n) is 6.16. The summed E-state index contributed by atoms with van der Waals surface area (Å²) in [5, 5.41) is 4.55. The van der Waals surface area contributed by atoms with Crippen molar-refractivity contribution in [2.75, 3.05) is 6.54 Å². The van der Waals surface area contributed by atoms with E-state index in [4.69, 9.17) is 33.9 Å². The molecule has 114 valence electrons. The first-order valence-electron chi connectivity index (χ1n) is 6.91. The van der Waals surface area contributed by atoms with Crippen LogP contribution in [0.4, 0.5) is 0 Å². The molecule has 0 amide bonds. The maximum atomic E-state index is 6.25. The Morgan fingerprint density at radius 3 is 2.33 bits per heavy atom. The number of rotatable bonds is 4. The van der Waals surface area contributed by atoms with Gasteiger partial charge in [-0.3, -0.25) is 0 Å². The van der Waals surface area contributed by atoms with Gasteiger partial charge in [0.15, 0.2) is 0 Å². The lowest BCUT2D eigenvalue weighted by molar-refractivity contribution is 0.566. The largest absolute Gasteiger partial charge is 0.330 e. The van der Waals surface area contributed by atoms with Crippen LogP contribution in [0.1, 0.15) is 43.0 Å². The highest BCUT2D eigenvalue weighted by atomic mass is 35.5. The molecule has 2 nitrogen and oxygen atoms in total. The highest BCUT2D eigenvalue weighted by Gasteiger charge is 2.22. The van der Waals surface area contributed by atoms with Crippen molar-refractivity contribution >= 4 is 34.5 Å². The van der Waals surface area contributed by atoms with Crippen LogP contribution in [-0.4, -0.2) is 11.5 Å². The molecule has 2 aromatic rings. The molecule has 1 unspecified atom stereocenters. The summed E-state index contributed by atoms with van der Waals surface area (Å²) in [6.45, 7) is 7.01. The van der Waals surface area contributed by atoms with Gasteiger partial charge in [-0.15, -0.1) is 11.3 Å². The van der Waals surface area contributed by atoms with Crippen molar-refractivity contribution in [1.82, 2.24) is 4.98 Å². The molecule has 1 aromatic carbocycles. The Balaban J connectivity index is 2.26. The molecule has 0 aliphatic carbocycles. The van der Waals surface area contributed by atoms with Crippen LogP contribution in [0, 0.1) is 0 Å². The van der Waals surface area contributed by atoms with E-state index in [-0.39, 0.29) is 11.3 Å². The topological polar surface area (TPSA) is 38.9 Å². The molecule has 0 bridgehead atoms. The fraction of sp³-hybridized carbons (Fsp3) is 0.438. The molecule has 2 rings (SSSR count). The number of thiazole rings is 1. The number of nitrogens with two attached hydrogens (primary N) is 1. The molecule has 0 spiro atoms. The van der Waals surface area contributed by atoms with Crippen molar-refractivity contribution in [2.45, 2.75) is 38.5 Å². The molecule has 0 radical (unpaired) electrons. The van der Waals surface area contributed by atoms with Gasteiger partial charge >= 0.3 is 0 Å². The van der Waals surface area contributed by atoms with Gasteiger partial charge in [0.25, 0.3) is 0 Å². The van der Waals surface area contributed by atoms with Crippen molar-refractivity contribution < 1.29 is 0 Å². The Morgan fingerprint density at radius 2 is 1.86 bits per heavy atom. The van der Waals surface area contributed by atoms with Crippen molar-refractivity contribution in [3.8, 4) is 0 Å². The van der Waals surface area contributed by atoms with E-state index in [0.717, 1.165) is 16.3 Å². The predicted octanol–water partition coefficient (Wildman–Crippen LogP) is 5.03. The van der Waals surface area contributed by atoms with Crippen LogP contribution in [0.3, 0.4) is 0 Å². The van der Waals surface area contributed by atoms with Crippen molar-refractivity contribution in [1.29, 1.82) is 0 Å². The summed E-state index contributed by atoms with van der Waals surface area (Å²) in [6, 6.07) is 5.57. The highest BCUT2D eigenvalue weighted by Crippen LogP contribution is 2.33. The van der Waals surface area contributed by atoms with Crippen LogP contribution in [0.5, 0.6) is 0 Å². The third-order valence-electron chi connectivity index (χ3n) is 3.44. The van der Waals surface area contributed by atoms with Gasteiger partial charge in [0.1, 0.15) is 0 Å². The first-order valence-corrected chi connectivity index (χ1v) is 8.55. The second kappa shape index (κ2) is 6.66. The van der Waals surface area contributed by atoms with E-state index in [1.54, 1.807) is 11.3 Å². The minimum atomic E-state index is 0.0515. The summed E-state index contributed by atoms with van der Waals surface area (Å²) >= 11 is 14.2. The van der Waals surface area contributed by atoms with Gasteiger partial charge in [-0.2, -0.15) is 0 Å². The predicted molar refractivity (Wildman–Crippen MR) is 92.8 cm³/mol. The van der Waals surface area contributed by atoms with Crippen LogP contribution in [0.25, 0.3) is 0 Å². The Labute approximate surface area is 140 Å². The fourth-order valence-corrected chi connectivity index (χ4v) is 3.78. The van der Waals surface area contributed by atoms with Crippen LogP contribution in [0.15, 0.2) is 23.6 Å². The molecular weight excluding hydrogens is 323 g/mol. The van der Waals surface area contributed by atoms with Crippen LogP contribution < -0.4 is 5.73 Å². The van der Waals surface area contributed by atoms with Crippen LogP contribution in [0.2, 0.25) is 10.0 Å². The maximum Gasteiger partial charge on any atom is 0.0975 e. The Morgan fingerprint density at radius 1 is 1.24 bits per heavy atom. The van der Waals surface area contributed by atoms with Gasteiger partial charge in [0, 0.05) is 33.3 Å².